The van der Waals surface area contributed by atoms with Gasteiger partial charge < -0.3 is 10.2 Å². The molecule has 0 bridgehead atoms. The highest BCUT2D eigenvalue weighted by molar-refractivity contribution is 5.69. The lowest BCUT2D eigenvalue weighted by molar-refractivity contribution is -0.384. The van der Waals surface area contributed by atoms with Gasteiger partial charge in [-0.05, 0) is 24.1 Å². The molecule has 2 N–H and O–H groups in total. The van der Waals surface area contributed by atoms with Crippen molar-refractivity contribution in [1.82, 2.24) is 4.90 Å². The molecule has 22 heavy (non-hydrogen) atoms. The second-order valence-corrected chi connectivity index (χ2v) is 5.88. The Bertz CT molecular complexity index is 673. The van der Waals surface area contributed by atoms with Crippen LogP contribution in [0, 0.1) is 16.0 Å². The molecule has 0 aliphatic carbocycles. The Kier molecular flexibility index (Phi) is 3.96. The Morgan fingerprint density at radius 3 is 2.77 bits per heavy atom. The lowest BCUT2D eigenvalue weighted by Gasteiger charge is -2.12. The quantitative estimate of drug-likeness (QED) is 0.693. The summed E-state index contributed by atoms with van der Waals surface area (Å²) in [5, 5.41) is 11.1. The van der Waals surface area contributed by atoms with Crippen LogP contribution in [0.4, 0.5) is 5.69 Å². The number of nitrogens with two attached hydrogens (primary N) is 1. The third-order valence-corrected chi connectivity index (χ3v) is 4.15. The highest BCUT2D eigenvalue weighted by Gasteiger charge is 2.27. The van der Waals surface area contributed by atoms with E-state index in [9.17, 15) is 10.1 Å². The van der Waals surface area contributed by atoms with Crippen molar-refractivity contribution in [3.05, 3.63) is 52.3 Å². The van der Waals surface area contributed by atoms with Gasteiger partial charge in [0.05, 0.1) is 17.0 Å². The number of hydrogen-bond donors (Lipinski definition) is 1. The SMILES string of the molecule is CC1CN(Cc2ccc(-c3ccccc3[N+](=O)[O-])o2)CC1N. The van der Waals surface area contributed by atoms with Gasteiger partial charge in [0.15, 0.2) is 0 Å². The minimum Gasteiger partial charge on any atom is -0.459 e. The van der Waals surface area contributed by atoms with Crippen molar-refractivity contribution in [3.8, 4) is 11.3 Å². The summed E-state index contributed by atoms with van der Waals surface area (Å²) in [6, 6.07) is 10.5. The lowest BCUT2D eigenvalue weighted by atomic mass is 10.1. The second kappa shape index (κ2) is 5.90. The van der Waals surface area contributed by atoms with E-state index in [1.54, 1.807) is 24.3 Å². The third-order valence-electron chi connectivity index (χ3n) is 4.15. The van der Waals surface area contributed by atoms with Gasteiger partial charge in [0.2, 0.25) is 0 Å². The van der Waals surface area contributed by atoms with Gasteiger partial charge >= 0.3 is 0 Å². The average Bonchev–Trinajstić information content (AvgIpc) is 3.07. The van der Waals surface area contributed by atoms with Crippen molar-refractivity contribution in [2.24, 2.45) is 11.7 Å². The largest absolute Gasteiger partial charge is 0.459 e. The van der Waals surface area contributed by atoms with Crippen LogP contribution in [-0.4, -0.2) is 29.0 Å². The first-order valence-corrected chi connectivity index (χ1v) is 7.35. The van der Waals surface area contributed by atoms with Crippen molar-refractivity contribution in [2.75, 3.05) is 13.1 Å². The number of para-hydroxylation sites is 1. The highest BCUT2D eigenvalue weighted by Crippen LogP contribution is 2.31. The fourth-order valence-corrected chi connectivity index (χ4v) is 2.89. The Labute approximate surface area is 128 Å². The van der Waals surface area contributed by atoms with Crippen LogP contribution in [0.25, 0.3) is 11.3 Å². The zero-order chi connectivity index (χ0) is 15.7. The number of likely N-dealkylation sites (tertiary alicyclic amines) is 1. The number of hydrogen-bond acceptors (Lipinski definition) is 5. The van der Waals surface area contributed by atoms with Gasteiger partial charge in [0.25, 0.3) is 5.69 Å². The molecule has 1 aromatic heterocycles. The number of rotatable bonds is 4. The van der Waals surface area contributed by atoms with Crippen LogP contribution in [0.1, 0.15) is 12.7 Å². The van der Waals surface area contributed by atoms with Gasteiger partial charge in [-0.3, -0.25) is 15.0 Å². The zero-order valence-electron chi connectivity index (χ0n) is 12.4. The summed E-state index contributed by atoms with van der Waals surface area (Å²) in [7, 11) is 0. The maximum Gasteiger partial charge on any atom is 0.280 e. The maximum absolute atomic E-state index is 11.1. The Morgan fingerprint density at radius 1 is 1.32 bits per heavy atom. The summed E-state index contributed by atoms with van der Waals surface area (Å²) < 4.78 is 5.81. The molecule has 1 aromatic carbocycles. The van der Waals surface area contributed by atoms with Crippen molar-refractivity contribution in [1.29, 1.82) is 0 Å². The zero-order valence-corrected chi connectivity index (χ0v) is 12.4. The minimum atomic E-state index is -0.390. The molecule has 1 aliphatic rings. The van der Waals surface area contributed by atoms with E-state index in [-0.39, 0.29) is 11.7 Å². The molecule has 0 radical (unpaired) electrons. The Morgan fingerprint density at radius 2 is 2.09 bits per heavy atom. The molecule has 1 saturated heterocycles. The molecule has 6 heteroatoms. The molecule has 2 aromatic rings. The van der Waals surface area contributed by atoms with E-state index in [1.807, 2.05) is 6.07 Å². The van der Waals surface area contributed by atoms with E-state index in [2.05, 4.69) is 11.8 Å². The second-order valence-electron chi connectivity index (χ2n) is 5.88. The van der Waals surface area contributed by atoms with Gasteiger partial charge in [-0.15, -0.1) is 0 Å². The molecule has 1 aliphatic heterocycles. The van der Waals surface area contributed by atoms with Crippen LogP contribution < -0.4 is 5.73 Å². The first-order valence-electron chi connectivity index (χ1n) is 7.35. The Hall–Kier alpha value is -2.18. The smallest absolute Gasteiger partial charge is 0.280 e. The van der Waals surface area contributed by atoms with E-state index >= 15 is 0 Å². The molecule has 0 saturated carbocycles. The Balaban J connectivity index is 1.79. The number of nitrogens with zero attached hydrogens (tertiary/aromatic N) is 2. The number of nitro groups is 1. The van der Waals surface area contributed by atoms with E-state index in [0.717, 1.165) is 18.8 Å². The predicted octanol–water partition coefficient (Wildman–Crippen LogP) is 2.63. The first kappa shape index (κ1) is 14.7. The third kappa shape index (κ3) is 2.88. The fourth-order valence-electron chi connectivity index (χ4n) is 2.89. The van der Waals surface area contributed by atoms with Gasteiger partial charge in [-0.2, -0.15) is 0 Å². The summed E-state index contributed by atoms with van der Waals surface area (Å²) >= 11 is 0. The number of furan rings is 1. The molecule has 2 heterocycles. The van der Waals surface area contributed by atoms with Crippen LogP contribution in [0.3, 0.4) is 0 Å². The normalized spacial score (nSPS) is 22.1. The summed E-state index contributed by atoms with van der Waals surface area (Å²) in [4.78, 5) is 13.0. The van der Waals surface area contributed by atoms with Gasteiger partial charge in [-0.25, -0.2) is 0 Å². The molecule has 2 atom stereocenters. The van der Waals surface area contributed by atoms with Crippen molar-refractivity contribution < 1.29 is 9.34 Å². The van der Waals surface area contributed by atoms with Gasteiger partial charge in [0, 0.05) is 25.2 Å². The number of benzene rings is 1. The maximum atomic E-state index is 11.1. The lowest BCUT2D eigenvalue weighted by Crippen LogP contribution is -2.28. The molecule has 3 rings (SSSR count). The molecule has 6 nitrogen and oxygen atoms in total. The van der Waals surface area contributed by atoms with Gasteiger partial charge in [0.1, 0.15) is 11.5 Å². The van der Waals surface area contributed by atoms with Crippen LogP contribution in [-0.2, 0) is 6.54 Å². The monoisotopic (exact) mass is 301 g/mol. The standard InChI is InChI=1S/C16H19N3O3/c1-11-8-18(10-14(11)17)9-12-6-7-16(22-12)13-4-2-3-5-15(13)19(20)21/h2-7,11,14H,8-10,17H2,1H3. The number of nitro benzene ring substituents is 1. The highest BCUT2D eigenvalue weighted by atomic mass is 16.6. The molecule has 2 unspecified atom stereocenters. The molecule has 0 amide bonds. The van der Waals surface area contributed by atoms with Crippen LogP contribution in [0.2, 0.25) is 0 Å². The van der Waals surface area contributed by atoms with E-state index in [0.29, 0.717) is 23.8 Å². The molecule has 1 fully saturated rings. The molecule has 0 spiro atoms. The van der Waals surface area contributed by atoms with Crippen LogP contribution >= 0.6 is 0 Å². The van der Waals surface area contributed by atoms with Crippen molar-refractivity contribution in [2.45, 2.75) is 19.5 Å². The minimum absolute atomic E-state index is 0.0558. The predicted molar refractivity (Wildman–Crippen MR) is 83.2 cm³/mol. The summed E-state index contributed by atoms with van der Waals surface area (Å²) in [6.07, 6.45) is 0. The fraction of sp³-hybridized carbons (Fsp3) is 0.375. The summed E-state index contributed by atoms with van der Waals surface area (Å²) in [5.41, 5.74) is 6.59. The summed E-state index contributed by atoms with van der Waals surface area (Å²) in [6.45, 7) is 4.62. The van der Waals surface area contributed by atoms with Crippen LogP contribution in [0.5, 0.6) is 0 Å². The summed E-state index contributed by atoms with van der Waals surface area (Å²) in [5.74, 6) is 1.80. The average molecular weight is 301 g/mol. The van der Waals surface area contributed by atoms with Gasteiger partial charge in [-0.1, -0.05) is 19.1 Å². The van der Waals surface area contributed by atoms with E-state index < -0.39 is 4.92 Å². The molecule has 116 valence electrons. The van der Waals surface area contributed by atoms with E-state index in [1.165, 1.54) is 6.07 Å². The van der Waals surface area contributed by atoms with E-state index in [4.69, 9.17) is 10.2 Å². The van der Waals surface area contributed by atoms with Crippen molar-refractivity contribution >= 4 is 5.69 Å². The molecular formula is C16H19N3O3. The van der Waals surface area contributed by atoms with Crippen LogP contribution in [0.15, 0.2) is 40.8 Å². The molecular weight excluding hydrogens is 282 g/mol. The first-order chi connectivity index (χ1) is 10.5. The topological polar surface area (TPSA) is 85.5 Å². The van der Waals surface area contributed by atoms with Crippen molar-refractivity contribution in [3.63, 3.8) is 0 Å².